The van der Waals surface area contributed by atoms with E-state index in [4.69, 9.17) is 14.2 Å². The van der Waals surface area contributed by atoms with Crippen LogP contribution in [-0.2, 0) is 14.9 Å². The van der Waals surface area contributed by atoms with Crippen LogP contribution >= 0.6 is 0 Å². The second-order valence-electron chi connectivity index (χ2n) is 13.2. The molecule has 1 aliphatic heterocycles. The normalized spacial score (nSPS) is 14.0. The molecule has 2 aromatic carbocycles. The van der Waals surface area contributed by atoms with E-state index in [1.54, 1.807) is 53.4 Å². The van der Waals surface area contributed by atoms with E-state index in [0.29, 0.717) is 30.1 Å². The fraction of sp³-hybridized carbons (Fsp3) is 0.625. The van der Waals surface area contributed by atoms with E-state index >= 15 is 0 Å². The fourth-order valence-corrected chi connectivity index (χ4v) is 6.38. The average Bonchev–Trinajstić information content (AvgIpc) is 3.10. The SMILES string of the molecule is CCCCCCCCCCOC(=O)N1CCC(C(=O)O)(c2ccccc2OC(=O)c2ccc(OCCCCCCCCCC)cc2)CC1. The average molecular weight is 666 g/mol. The predicted molar refractivity (Wildman–Crippen MR) is 190 cm³/mol. The van der Waals surface area contributed by atoms with E-state index in [9.17, 15) is 19.5 Å². The number of ether oxygens (including phenoxy) is 3. The molecule has 0 saturated carbocycles. The number of unbranched alkanes of at least 4 members (excludes halogenated alkanes) is 14. The minimum atomic E-state index is -1.29. The van der Waals surface area contributed by atoms with E-state index in [1.165, 1.54) is 70.6 Å². The Hall–Kier alpha value is -3.55. The number of para-hydroxylation sites is 1. The molecule has 0 aliphatic carbocycles. The van der Waals surface area contributed by atoms with Gasteiger partial charge >= 0.3 is 18.0 Å². The number of nitrogens with zero attached hydrogens (tertiary/aromatic N) is 1. The monoisotopic (exact) mass is 665 g/mol. The molecule has 1 aliphatic rings. The molecule has 0 spiro atoms. The van der Waals surface area contributed by atoms with Gasteiger partial charge in [-0.15, -0.1) is 0 Å². The molecule has 48 heavy (non-hydrogen) atoms. The highest BCUT2D eigenvalue weighted by atomic mass is 16.6. The second-order valence-corrected chi connectivity index (χ2v) is 13.2. The molecule has 266 valence electrons. The summed E-state index contributed by atoms with van der Waals surface area (Å²) in [6.07, 6.45) is 19.2. The van der Waals surface area contributed by atoms with Crippen LogP contribution in [0.25, 0.3) is 0 Å². The molecule has 8 heteroatoms. The zero-order valence-electron chi connectivity index (χ0n) is 29.5. The highest BCUT2D eigenvalue weighted by molar-refractivity contribution is 5.92. The molecular weight excluding hydrogens is 606 g/mol. The number of rotatable bonds is 23. The lowest BCUT2D eigenvalue weighted by atomic mass is 9.72. The van der Waals surface area contributed by atoms with Crippen LogP contribution in [0.2, 0.25) is 0 Å². The van der Waals surface area contributed by atoms with Crippen LogP contribution in [0.5, 0.6) is 11.5 Å². The van der Waals surface area contributed by atoms with Crippen molar-refractivity contribution in [3.05, 3.63) is 59.7 Å². The lowest BCUT2D eigenvalue weighted by Crippen LogP contribution is -2.49. The topological polar surface area (TPSA) is 102 Å². The minimum absolute atomic E-state index is 0.189. The lowest BCUT2D eigenvalue weighted by Gasteiger charge is -2.39. The predicted octanol–water partition coefficient (Wildman–Crippen LogP) is 10.1. The van der Waals surface area contributed by atoms with Gasteiger partial charge in [-0.2, -0.15) is 0 Å². The Morgan fingerprint density at radius 1 is 0.688 bits per heavy atom. The number of carboxylic acids is 1. The van der Waals surface area contributed by atoms with Gasteiger partial charge in [0.1, 0.15) is 11.5 Å². The smallest absolute Gasteiger partial charge is 0.409 e. The van der Waals surface area contributed by atoms with Crippen molar-refractivity contribution < 1.29 is 33.7 Å². The van der Waals surface area contributed by atoms with Crippen LogP contribution in [0.4, 0.5) is 4.79 Å². The number of hydrogen-bond acceptors (Lipinski definition) is 6. The van der Waals surface area contributed by atoms with E-state index in [0.717, 1.165) is 32.1 Å². The number of benzene rings is 2. The molecule has 0 radical (unpaired) electrons. The largest absolute Gasteiger partial charge is 0.494 e. The zero-order chi connectivity index (χ0) is 34.5. The third kappa shape index (κ3) is 12.8. The lowest BCUT2D eigenvalue weighted by molar-refractivity contribution is -0.146. The van der Waals surface area contributed by atoms with Crippen LogP contribution in [-0.4, -0.2) is 54.3 Å². The summed E-state index contributed by atoms with van der Waals surface area (Å²) in [6.45, 7) is 5.94. The van der Waals surface area contributed by atoms with Gasteiger partial charge in [-0.05, 0) is 56.0 Å². The quantitative estimate of drug-likeness (QED) is 0.0716. The van der Waals surface area contributed by atoms with Crippen LogP contribution in [0, 0.1) is 0 Å². The van der Waals surface area contributed by atoms with Crippen LogP contribution < -0.4 is 9.47 Å². The van der Waals surface area contributed by atoms with Gasteiger partial charge in [-0.1, -0.05) is 122 Å². The maximum atomic E-state index is 13.1. The first-order valence-electron chi connectivity index (χ1n) is 18.6. The highest BCUT2D eigenvalue weighted by Gasteiger charge is 2.46. The van der Waals surface area contributed by atoms with Crippen LogP contribution in [0.3, 0.4) is 0 Å². The Balaban J connectivity index is 1.47. The minimum Gasteiger partial charge on any atom is -0.494 e. The number of aliphatic carboxylic acids is 1. The summed E-state index contributed by atoms with van der Waals surface area (Å²) in [5, 5.41) is 10.4. The Labute approximate surface area is 288 Å². The van der Waals surface area contributed by atoms with E-state index < -0.39 is 23.4 Å². The van der Waals surface area contributed by atoms with Gasteiger partial charge in [0, 0.05) is 18.7 Å². The van der Waals surface area contributed by atoms with Crippen molar-refractivity contribution in [2.24, 2.45) is 0 Å². The molecule has 1 heterocycles. The van der Waals surface area contributed by atoms with Crippen molar-refractivity contribution >= 4 is 18.0 Å². The third-order valence-corrected chi connectivity index (χ3v) is 9.47. The summed E-state index contributed by atoms with van der Waals surface area (Å²) in [5.41, 5.74) is -0.510. The standard InChI is InChI=1S/C40H59NO7/c1-3-5-7-9-11-13-15-19-31-46-34-25-23-33(24-26-34)37(42)48-36-22-18-17-21-35(36)40(38(43)44)27-29-41(30-28-40)39(45)47-32-20-16-14-12-10-8-6-4-2/h17-18,21-26H,3-16,19-20,27-32H2,1-2H3,(H,43,44). The maximum absolute atomic E-state index is 13.1. The maximum Gasteiger partial charge on any atom is 0.409 e. The summed E-state index contributed by atoms with van der Waals surface area (Å²) in [5.74, 6) is -0.663. The number of likely N-dealkylation sites (tertiary alicyclic amines) is 1. The summed E-state index contributed by atoms with van der Waals surface area (Å²) in [7, 11) is 0. The summed E-state index contributed by atoms with van der Waals surface area (Å²) >= 11 is 0. The number of hydrogen-bond donors (Lipinski definition) is 1. The van der Waals surface area contributed by atoms with E-state index in [-0.39, 0.29) is 31.7 Å². The molecule has 1 fully saturated rings. The molecule has 3 rings (SSSR count). The van der Waals surface area contributed by atoms with Crippen LogP contribution in [0.15, 0.2) is 48.5 Å². The summed E-state index contributed by atoms with van der Waals surface area (Å²) in [4.78, 5) is 40.2. The Morgan fingerprint density at radius 2 is 1.21 bits per heavy atom. The van der Waals surface area contributed by atoms with Gasteiger partial charge in [0.05, 0.1) is 24.2 Å². The number of piperidine rings is 1. The third-order valence-electron chi connectivity index (χ3n) is 9.47. The Kier molecular flexibility index (Phi) is 18.0. The molecule has 0 aromatic heterocycles. The molecule has 2 aromatic rings. The first kappa shape index (κ1) is 38.9. The summed E-state index contributed by atoms with van der Waals surface area (Å²) < 4.78 is 17.2. The van der Waals surface area contributed by atoms with Crippen molar-refractivity contribution in [2.75, 3.05) is 26.3 Å². The highest BCUT2D eigenvalue weighted by Crippen LogP contribution is 2.41. The molecular formula is C40H59NO7. The Bertz CT molecular complexity index is 1220. The van der Waals surface area contributed by atoms with Crippen molar-refractivity contribution in [3.63, 3.8) is 0 Å². The molecule has 0 atom stereocenters. The Morgan fingerprint density at radius 3 is 1.77 bits per heavy atom. The number of carboxylic acid groups (broad SMARTS) is 1. The molecule has 0 unspecified atom stereocenters. The van der Waals surface area contributed by atoms with Crippen molar-refractivity contribution in [1.29, 1.82) is 0 Å². The number of esters is 1. The molecule has 1 amide bonds. The van der Waals surface area contributed by atoms with Gasteiger partial charge in [0.2, 0.25) is 0 Å². The van der Waals surface area contributed by atoms with Gasteiger partial charge in [-0.3, -0.25) is 4.79 Å². The number of carbonyl (C=O) groups is 3. The van der Waals surface area contributed by atoms with Gasteiger partial charge in [0.15, 0.2) is 0 Å². The molecule has 8 nitrogen and oxygen atoms in total. The van der Waals surface area contributed by atoms with Crippen molar-refractivity contribution in [3.8, 4) is 11.5 Å². The fourth-order valence-electron chi connectivity index (χ4n) is 6.38. The first-order valence-corrected chi connectivity index (χ1v) is 18.6. The summed E-state index contributed by atoms with van der Waals surface area (Å²) in [6, 6.07) is 13.7. The van der Waals surface area contributed by atoms with Gasteiger partial charge in [-0.25, -0.2) is 9.59 Å². The van der Waals surface area contributed by atoms with Crippen LogP contribution in [0.1, 0.15) is 145 Å². The number of amides is 1. The van der Waals surface area contributed by atoms with Crippen molar-refractivity contribution in [2.45, 2.75) is 135 Å². The van der Waals surface area contributed by atoms with E-state index in [1.807, 2.05) is 0 Å². The number of carbonyl (C=O) groups excluding carboxylic acids is 2. The first-order chi connectivity index (χ1) is 23.4. The molecule has 1 N–H and O–H groups in total. The zero-order valence-corrected chi connectivity index (χ0v) is 29.5. The van der Waals surface area contributed by atoms with E-state index in [2.05, 4.69) is 13.8 Å². The van der Waals surface area contributed by atoms with Gasteiger partial charge < -0.3 is 24.2 Å². The van der Waals surface area contributed by atoms with Gasteiger partial charge in [0.25, 0.3) is 0 Å². The second kappa shape index (κ2) is 22.2. The molecule has 0 bridgehead atoms. The van der Waals surface area contributed by atoms with Crippen molar-refractivity contribution in [1.82, 2.24) is 4.90 Å². The molecule has 1 saturated heterocycles.